The number of nitrogens with one attached hydrogen (secondary N) is 1. The van der Waals surface area contributed by atoms with Gasteiger partial charge in [0.05, 0.1) is 10.6 Å². The summed E-state index contributed by atoms with van der Waals surface area (Å²) in [4.78, 5) is 28.5. The lowest BCUT2D eigenvalue weighted by Gasteiger charge is -2.33. The van der Waals surface area contributed by atoms with Crippen LogP contribution < -0.4 is 9.62 Å². The van der Waals surface area contributed by atoms with Crippen LogP contribution in [0.5, 0.6) is 0 Å². The Morgan fingerprint density at radius 2 is 1.44 bits per heavy atom. The summed E-state index contributed by atoms with van der Waals surface area (Å²) in [6, 6.07) is 18.7. The number of anilines is 1. The molecule has 7 nitrogen and oxygen atoms in total. The van der Waals surface area contributed by atoms with Crippen LogP contribution in [0.4, 0.5) is 5.69 Å². The molecule has 3 aromatic carbocycles. The molecule has 0 spiro atoms. The van der Waals surface area contributed by atoms with E-state index in [1.54, 1.807) is 62.4 Å². The number of halogens is 2. The lowest BCUT2D eigenvalue weighted by Crippen LogP contribution is -2.54. The van der Waals surface area contributed by atoms with Crippen LogP contribution in [0, 0.1) is 6.92 Å². The number of carbonyl (C=O) groups is 2. The van der Waals surface area contributed by atoms with E-state index in [4.69, 9.17) is 23.2 Å². The summed E-state index contributed by atoms with van der Waals surface area (Å²) in [5, 5.41) is 3.83. The van der Waals surface area contributed by atoms with Crippen molar-refractivity contribution in [2.24, 2.45) is 0 Å². The second-order valence-electron chi connectivity index (χ2n) is 10.3. The maximum atomic E-state index is 13.9. The van der Waals surface area contributed by atoms with E-state index in [0.29, 0.717) is 21.3 Å². The first-order valence-corrected chi connectivity index (χ1v) is 14.6. The van der Waals surface area contributed by atoms with E-state index in [1.807, 2.05) is 20.8 Å². The monoisotopic (exact) mass is 589 g/mol. The molecule has 0 aliphatic rings. The Bertz CT molecular complexity index is 1420. The minimum atomic E-state index is -4.17. The summed E-state index contributed by atoms with van der Waals surface area (Å²) in [5.74, 6) is -0.893. The Kier molecular flexibility index (Phi) is 9.69. The molecule has 1 N–H and O–H groups in total. The molecule has 1 atom stereocenters. The molecule has 0 aliphatic heterocycles. The van der Waals surface area contributed by atoms with E-state index in [0.717, 1.165) is 9.87 Å². The minimum absolute atomic E-state index is 0.00858. The van der Waals surface area contributed by atoms with Gasteiger partial charge in [0.1, 0.15) is 12.6 Å². The van der Waals surface area contributed by atoms with Crippen LogP contribution in [0.2, 0.25) is 10.0 Å². The normalized spacial score (nSPS) is 12.5. The van der Waals surface area contributed by atoms with E-state index in [9.17, 15) is 18.0 Å². The predicted octanol–water partition coefficient (Wildman–Crippen LogP) is 5.83. The van der Waals surface area contributed by atoms with Crippen molar-refractivity contribution in [3.8, 4) is 0 Å². The average molecular weight is 591 g/mol. The highest BCUT2D eigenvalue weighted by Gasteiger charge is 2.33. The maximum absolute atomic E-state index is 13.9. The molecule has 3 rings (SSSR count). The summed E-state index contributed by atoms with van der Waals surface area (Å²) in [6.07, 6.45) is 0. The van der Waals surface area contributed by atoms with Crippen LogP contribution in [-0.4, -0.2) is 43.3 Å². The fraction of sp³-hybridized carbons (Fsp3) is 0.310. The van der Waals surface area contributed by atoms with Crippen molar-refractivity contribution in [1.29, 1.82) is 0 Å². The Labute approximate surface area is 240 Å². The Morgan fingerprint density at radius 1 is 0.897 bits per heavy atom. The second kappa shape index (κ2) is 12.4. The molecular weight excluding hydrogens is 557 g/mol. The summed E-state index contributed by atoms with van der Waals surface area (Å²) in [5.41, 5.74) is 1.25. The van der Waals surface area contributed by atoms with E-state index < -0.39 is 34.1 Å². The first-order chi connectivity index (χ1) is 18.2. The van der Waals surface area contributed by atoms with E-state index in [2.05, 4.69) is 5.32 Å². The van der Waals surface area contributed by atoms with Crippen LogP contribution in [0.15, 0.2) is 77.7 Å². The Morgan fingerprint density at radius 3 is 1.97 bits per heavy atom. The Balaban J connectivity index is 2.04. The van der Waals surface area contributed by atoms with Crippen molar-refractivity contribution in [1.82, 2.24) is 10.2 Å². The molecule has 39 heavy (non-hydrogen) atoms. The van der Waals surface area contributed by atoms with E-state index >= 15 is 0 Å². The summed E-state index contributed by atoms with van der Waals surface area (Å²) >= 11 is 12.0. The minimum Gasteiger partial charge on any atom is -0.350 e. The lowest BCUT2D eigenvalue weighted by molar-refractivity contribution is -0.140. The molecule has 208 valence electrons. The zero-order valence-electron chi connectivity index (χ0n) is 22.6. The third-order valence-corrected chi connectivity index (χ3v) is 8.27. The molecule has 2 amide bonds. The molecule has 0 fully saturated rings. The quantitative estimate of drug-likeness (QED) is 0.340. The van der Waals surface area contributed by atoms with Gasteiger partial charge in [0, 0.05) is 22.1 Å². The van der Waals surface area contributed by atoms with Crippen LogP contribution in [0.3, 0.4) is 0 Å². The maximum Gasteiger partial charge on any atom is 0.264 e. The molecule has 0 aliphatic carbocycles. The molecule has 0 saturated heterocycles. The number of carbonyl (C=O) groups excluding carboxylic acids is 2. The molecular formula is C29H33Cl2N3O4S. The first-order valence-electron chi connectivity index (χ1n) is 12.4. The summed E-state index contributed by atoms with van der Waals surface area (Å²) in [6.45, 7) is 8.51. The van der Waals surface area contributed by atoms with Gasteiger partial charge < -0.3 is 10.2 Å². The van der Waals surface area contributed by atoms with Gasteiger partial charge in [0.25, 0.3) is 10.0 Å². The van der Waals surface area contributed by atoms with Crippen LogP contribution in [0.25, 0.3) is 0 Å². The number of rotatable bonds is 9. The number of hydrogen-bond donors (Lipinski definition) is 1. The van der Waals surface area contributed by atoms with Gasteiger partial charge in [-0.25, -0.2) is 8.42 Å². The Hall–Kier alpha value is -3.07. The van der Waals surface area contributed by atoms with Crippen molar-refractivity contribution in [3.63, 3.8) is 0 Å². The van der Waals surface area contributed by atoms with Gasteiger partial charge in [-0.1, -0.05) is 53.5 Å². The van der Waals surface area contributed by atoms with Crippen molar-refractivity contribution in [2.75, 3.05) is 10.8 Å². The van der Waals surface area contributed by atoms with E-state index in [-0.39, 0.29) is 17.3 Å². The number of para-hydroxylation sites is 1. The number of aryl methyl sites for hydroxylation is 1. The van der Waals surface area contributed by atoms with Crippen LogP contribution in [-0.2, 0) is 26.2 Å². The number of nitrogens with zero attached hydrogens (tertiary/aromatic N) is 2. The van der Waals surface area contributed by atoms with Crippen LogP contribution in [0.1, 0.15) is 38.8 Å². The lowest BCUT2D eigenvalue weighted by atomic mass is 10.1. The molecule has 0 bridgehead atoms. The standard InChI is InChI=1S/C29H33Cl2N3O4S/c1-20-8-6-7-9-26(20)34(39(37,38)25-16-14-24(31)15-17-25)19-27(35)33(18-22-10-12-23(30)13-11-22)21(2)28(36)32-29(3,4)5/h6-17,21H,18-19H2,1-5H3,(H,32,36). The van der Waals surface area contributed by atoms with Gasteiger partial charge in [-0.3, -0.25) is 13.9 Å². The number of sulfonamides is 1. The fourth-order valence-electron chi connectivity index (χ4n) is 3.93. The third-order valence-electron chi connectivity index (χ3n) is 6.00. The zero-order valence-corrected chi connectivity index (χ0v) is 24.9. The highest BCUT2D eigenvalue weighted by Crippen LogP contribution is 2.28. The smallest absolute Gasteiger partial charge is 0.264 e. The average Bonchev–Trinajstić information content (AvgIpc) is 2.86. The van der Waals surface area contributed by atoms with Crippen LogP contribution >= 0.6 is 23.2 Å². The molecule has 10 heteroatoms. The largest absolute Gasteiger partial charge is 0.350 e. The van der Waals surface area contributed by atoms with Gasteiger partial charge in [-0.05, 0) is 88.2 Å². The highest BCUT2D eigenvalue weighted by atomic mass is 35.5. The molecule has 0 radical (unpaired) electrons. The highest BCUT2D eigenvalue weighted by molar-refractivity contribution is 7.92. The number of amides is 2. The van der Waals surface area contributed by atoms with Gasteiger partial charge in [-0.15, -0.1) is 0 Å². The van der Waals surface area contributed by atoms with Crippen molar-refractivity contribution >= 4 is 50.7 Å². The van der Waals surface area contributed by atoms with Gasteiger partial charge >= 0.3 is 0 Å². The van der Waals surface area contributed by atoms with Gasteiger partial charge in [-0.2, -0.15) is 0 Å². The van der Waals surface area contributed by atoms with Crippen molar-refractivity contribution < 1.29 is 18.0 Å². The molecule has 0 heterocycles. The summed E-state index contributed by atoms with van der Waals surface area (Å²) in [7, 11) is -4.17. The SMILES string of the molecule is Cc1ccccc1N(CC(=O)N(Cc1ccc(Cl)cc1)C(C)C(=O)NC(C)(C)C)S(=O)(=O)c1ccc(Cl)cc1. The predicted molar refractivity (Wildman–Crippen MR) is 157 cm³/mol. The van der Waals surface area contributed by atoms with Crippen molar-refractivity contribution in [2.45, 2.75) is 57.6 Å². The zero-order chi connectivity index (χ0) is 29.0. The topological polar surface area (TPSA) is 86.8 Å². The number of hydrogen-bond acceptors (Lipinski definition) is 4. The molecule has 3 aromatic rings. The third kappa shape index (κ3) is 7.97. The van der Waals surface area contributed by atoms with Crippen molar-refractivity contribution in [3.05, 3.63) is 94.0 Å². The molecule has 0 aromatic heterocycles. The van der Waals surface area contributed by atoms with Gasteiger partial charge in [0.2, 0.25) is 11.8 Å². The second-order valence-corrected chi connectivity index (χ2v) is 13.1. The molecule has 0 saturated carbocycles. The number of benzene rings is 3. The first kappa shape index (κ1) is 30.5. The fourth-order valence-corrected chi connectivity index (χ4v) is 5.66. The van der Waals surface area contributed by atoms with Gasteiger partial charge in [0.15, 0.2) is 0 Å². The van der Waals surface area contributed by atoms with E-state index in [1.165, 1.54) is 29.2 Å². The summed E-state index contributed by atoms with van der Waals surface area (Å²) < 4.78 is 28.8. The molecule has 1 unspecified atom stereocenters.